The number of rotatable bonds is 4. The third-order valence-corrected chi connectivity index (χ3v) is 5.02. The monoisotopic (exact) mass is 382 g/mol. The normalized spacial score (nSPS) is 11.3. The zero-order chi connectivity index (χ0) is 19.8. The van der Waals surface area contributed by atoms with Crippen LogP contribution in [0.2, 0.25) is 0 Å². The maximum absolute atomic E-state index is 12.9. The van der Waals surface area contributed by atoms with Crippen molar-refractivity contribution in [2.24, 2.45) is 0 Å². The fraction of sp³-hybridized carbons (Fsp3) is 0.136. The molecule has 142 valence electrons. The molecule has 2 aromatic carbocycles. The van der Waals surface area contributed by atoms with Gasteiger partial charge in [-0.1, -0.05) is 60.7 Å². The van der Waals surface area contributed by atoms with Gasteiger partial charge < -0.3 is 0 Å². The molecule has 0 spiro atoms. The van der Waals surface area contributed by atoms with Crippen molar-refractivity contribution in [2.75, 3.05) is 0 Å². The Morgan fingerprint density at radius 3 is 2.38 bits per heavy atom. The Morgan fingerprint density at radius 2 is 1.62 bits per heavy atom. The number of benzene rings is 2. The van der Waals surface area contributed by atoms with Crippen LogP contribution in [-0.4, -0.2) is 29.4 Å². The number of nitrogens with zero attached hydrogens (tertiary/aromatic N) is 6. The molecule has 7 heteroatoms. The number of hydrogen-bond acceptors (Lipinski definition) is 5. The van der Waals surface area contributed by atoms with Gasteiger partial charge in [-0.25, -0.2) is 4.98 Å². The van der Waals surface area contributed by atoms with Crippen molar-refractivity contribution in [1.29, 1.82) is 0 Å². The summed E-state index contributed by atoms with van der Waals surface area (Å²) < 4.78 is 3.19. The van der Waals surface area contributed by atoms with E-state index in [0.717, 1.165) is 28.8 Å². The topological polar surface area (TPSA) is 78.0 Å². The molecule has 0 amide bonds. The van der Waals surface area contributed by atoms with E-state index in [4.69, 9.17) is 0 Å². The third-order valence-electron chi connectivity index (χ3n) is 5.02. The molecule has 29 heavy (non-hydrogen) atoms. The molecule has 0 unspecified atom stereocenters. The maximum Gasteiger partial charge on any atom is 0.283 e. The zero-order valence-corrected chi connectivity index (χ0v) is 15.9. The molecule has 0 radical (unpaired) electrons. The highest BCUT2D eigenvalue weighted by atomic mass is 16.1. The van der Waals surface area contributed by atoms with E-state index in [-0.39, 0.29) is 11.1 Å². The van der Waals surface area contributed by atoms with Gasteiger partial charge in [-0.05, 0) is 24.5 Å². The molecule has 0 aliphatic rings. The predicted molar refractivity (Wildman–Crippen MR) is 111 cm³/mol. The van der Waals surface area contributed by atoms with Gasteiger partial charge >= 0.3 is 0 Å². The van der Waals surface area contributed by atoms with Crippen molar-refractivity contribution in [3.05, 3.63) is 88.6 Å². The predicted octanol–water partition coefficient (Wildman–Crippen LogP) is 3.05. The smallest absolute Gasteiger partial charge is 0.283 e. The Morgan fingerprint density at radius 1 is 0.897 bits per heavy atom. The van der Waals surface area contributed by atoms with Crippen LogP contribution in [0.15, 0.2) is 71.8 Å². The summed E-state index contributed by atoms with van der Waals surface area (Å²) in [5.74, 6) is 0. The summed E-state index contributed by atoms with van der Waals surface area (Å²) in [7, 11) is 0. The van der Waals surface area contributed by atoms with Gasteiger partial charge in [0.2, 0.25) is 0 Å². The summed E-state index contributed by atoms with van der Waals surface area (Å²) in [6.07, 6.45) is 2.30. The van der Waals surface area contributed by atoms with Crippen LogP contribution in [0.1, 0.15) is 11.3 Å². The number of aryl methyl sites for hydroxylation is 3. The number of fused-ring (bicyclic) bond motifs is 3. The maximum atomic E-state index is 12.9. The highest BCUT2D eigenvalue weighted by Gasteiger charge is 2.18. The molecule has 3 heterocycles. The first-order chi connectivity index (χ1) is 14.2. The standard InChI is InChI=1S/C22H18N6O/c1-15-18(17-10-6-3-7-11-17)20-25-24-19-21(28(20)26-15)23-14-27(22(19)29)13-12-16-8-4-2-5-9-16/h2-11,14H,12-13H2,1H3. The third kappa shape index (κ3) is 2.97. The summed E-state index contributed by atoms with van der Waals surface area (Å²) in [6.45, 7) is 2.45. The second kappa shape index (κ2) is 6.94. The minimum Gasteiger partial charge on any atom is -0.297 e. The van der Waals surface area contributed by atoms with E-state index >= 15 is 0 Å². The average Bonchev–Trinajstić information content (AvgIpc) is 3.11. The molecule has 0 aliphatic heterocycles. The summed E-state index contributed by atoms with van der Waals surface area (Å²) in [4.78, 5) is 17.4. The van der Waals surface area contributed by atoms with Crippen molar-refractivity contribution in [3.8, 4) is 11.1 Å². The highest BCUT2D eigenvalue weighted by Crippen LogP contribution is 2.27. The van der Waals surface area contributed by atoms with Crippen LogP contribution in [0.4, 0.5) is 0 Å². The van der Waals surface area contributed by atoms with Crippen LogP contribution in [-0.2, 0) is 13.0 Å². The quantitative estimate of drug-likeness (QED) is 0.477. The van der Waals surface area contributed by atoms with Crippen molar-refractivity contribution < 1.29 is 0 Å². The molecule has 3 aromatic heterocycles. The largest absolute Gasteiger partial charge is 0.297 e. The second-order valence-electron chi connectivity index (χ2n) is 6.91. The Kier molecular flexibility index (Phi) is 4.13. The molecule has 0 atom stereocenters. The molecular weight excluding hydrogens is 364 g/mol. The van der Waals surface area contributed by atoms with Crippen LogP contribution in [0.25, 0.3) is 27.9 Å². The van der Waals surface area contributed by atoms with Crippen LogP contribution < -0.4 is 5.56 Å². The molecule has 0 aliphatic carbocycles. The fourth-order valence-corrected chi connectivity index (χ4v) is 3.56. The lowest BCUT2D eigenvalue weighted by Gasteiger charge is -2.07. The Bertz CT molecular complexity index is 1370. The first-order valence-corrected chi connectivity index (χ1v) is 9.43. The van der Waals surface area contributed by atoms with Gasteiger partial charge in [0.05, 0.1) is 11.3 Å². The Balaban J connectivity index is 1.60. The molecule has 0 saturated carbocycles. The molecule has 0 bridgehead atoms. The van der Waals surface area contributed by atoms with Crippen molar-refractivity contribution in [2.45, 2.75) is 19.9 Å². The SMILES string of the molecule is Cc1nn2c(nnc3c(=O)n(CCc4ccccc4)cnc32)c1-c1ccccc1. The van der Waals surface area contributed by atoms with E-state index in [2.05, 4.69) is 20.3 Å². The zero-order valence-electron chi connectivity index (χ0n) is 15.9. The molecule has 0 saturated heterocycles. The highest BCUT2D eigenvalue weighted by molar-refractivity contribution is 5.83. The minimum absolute atomic E-state index is 0.213. The summed E-state index contributed by atoms with van der Waals surface area (Å²) in [6, 6.07) is 19.9. The molecular formula is C22H18N6O. The van der Waals surface area contributed by atoms with E-state index < -0.39 is 0 Å². The molecule has 5 aromatic rings. The first-order valence-electron chi connectivity index (χ1n) is 9.43. The van der Waals surface area contributed by atoms with E-state index in [1.165, 1.54) is 0 Å². The number of aromatic nitrogens is 6. The van der Waals surface area contributed by atoms with E-state index in [1.807, 2.05) is 67.6 Å². The van der Waals surface area contributed by atoms with Gasteiger partial charge in [-0.3, -0.25) is 9.36 Å². The summed E-state index contributed by atoms with van der Waals surface area (Å²) in [5.41, 5.74) is 4.89. The Labute approximate surface area is 166 Å². The van der Waals surface area contributed by atoms with Gasteiger partial charge in [-0.15, -0.1) is 10.2 Å². The Hall–Kier alpha value is -3.87. The summed E-state index contributed by atoms with van der Waals surface area (Å²) >= 11 is 0. The summed E-state index contributed by atoms with van der Waals surface area (Å²) in [5, 5.41) is 13.1. The average molecular weight is 382 g/mol. The van der Waals surface area contributed by atoms with Crippen LogP contribution in [0.5, 0.6) is 0 Å². The molecule has 7 nitrogen and oxygen atoms in total. The van der Waals surface area contributed by atoms with Gasteiger partial charge in [0, 0.05) is 6.54 Å². The number of hydrogen-bond donors (Lipinski definition) is 0. The van der Waals surface area contributed by atoms with Gasteiger partial charge in [0.25, 0.3) is 5.56 Å². The van der Waals surface area contributed by atoms with Crippen LogP contribution >= 0.6 is 0 Å². The van der Waals surface area contributed by atoms with Crippen molar-refractivity contribution in [1.82, 2.24) is 29.4 Å². The van der Waals surface area contributed by atoms with Crippen molar-refractivity contribution in [3.63, 3.8) is 0 Å². The van der Waals surface area contributed by atoms with Gasteiger partial charge in [0.1, 0.15) is 6.33 Å². The van der Waals surface area contributed by atoms with E-state index in [1.54, 1.807) is 15.4 Å². The first kappa shape index (κ1) is 17.2. The van der Waals surface area contributed by atoms with Gasteiger partial charge in [-0.2, -0.15) is 9.61 Å². The lowest BCUT2D eigenvalue weighted by atomic mass is 10.1. The van der Waals surface area contributed by atoms with Crippen LogP contribution in [0, 0.1) is 6.92 Å². The lowest BCUT2D eigenvalue weighted by molar-refractivity contribution is 0.657. The molecule has 5 rings (SSSR count). The van der Waals surface area contributed by atoms with E-state index in [0.29, 0.717) is 17.8 Å². The van der Waals surface area contributed by atoms with Crippen LogP contribution in [0.3, 0.4) is 0 Å². The van der Waals surface area contributed by atoms with Gasteiger partial charge in [0.15, 0.2) is 16.8 Å². The van der Waals surface area contributed by atoms with Crippen molar-refractivity contribution >= 4 is 16.8 Å². The molecule has 0 fully saturated rings. The lowest BCUT2D eigenvalue weighted by Crippen LogP contribution is -2.23. The fourth-order valence-electron chi connectivity index (χ4n) is 3.56. The minimum atomic E-state index is -0.213. The second-order valence-corrected chi connectivity index (χ2v) is 6.91. The van der Waals surface area contributed by atoms with E-state index in [9.17, 15) is 4.79 Å². The molecule has 0 N–H and O–H groups in total.